The molecule has 1 aliphatic heterocycles. The molecule has 4 rings (SSSR count). The average Bonchev–Trinajstić information content (AvgIpc) is 3.34. The zero-order chi connectivity index (χ0) is 21.8. The van der Waals surface area contributed by atoms with Crippen LogP contribution >= 0.6 is 23.1 Å². The number of anilines is 2. The molecule has 1 atom stereocenters. The van der Waals surface area contributed by atoms with Crippen molar-refractivity contribution in [2.75, 3.05) is 22.5 Å². The standard InChI is InChI=1S/C23H24N4O2S2/c1-15-10-16(2)12-18(11-15)27-14-17(13-21(27)29)22-25-26-23(31-22)24-20(28)8-9-30-19-6-4-3-5-7-19/h3-7,10-12,17H,8-9,13-14H2,1-2H3,(H,24,26,28)/t17-/m0/s1. The van der Waals surface area contributed by atoms with Gasteiger partial charge in [-0.3, -0.25) is 9.59 Å². The van der Waals surface area contributed by atoms with Crippen LogP contribution < -0.4 is 10.2 Å². The van der Waals surface area contributed by atoms with Crippen LogP contribution in [0.4, 0.5) is 10.8 Å². The van der Waals surface area contributed by atoms with Gasteiger partial charge in [-0.25, -0.2) is 0 Å². The monoisotopic (exact) mass is 452 g/mol. The molecule has 1 saturated heterocycles. The predicted molar refractivity (Wildman–Crippen MR) is 126 cm³/mol. The van der Waals surface area contributed by atoms with E-state index < -0.39 is 0 Å². The molecule has 0 radical (unpaired) electrons. The molecule has 3 aromatic rings. The van der Waals surface area contributed by atoms with Gasteiger partial charge in [0, 0.05) is 41.6 Å². The number of aryl methyl sites for hydroxylation is 2. The van der Waals surface area contributed by atoms with Crippen molar-refractivity contribution in [1.29, 1.82) is 0 Å². The van der Waals surface area contributed by atoms with Crippen LogP contribution in [0.15, 0.2) is 53.4 Å². The van der Waals surface area contributed by atoms with Crippen molar-refractivity contribution >= 4 is 45.7 Å². The summed E-state index contributed by atoms with van der Waals surface area (Å²) in [6.45, 7) is 4.65. The van der Waals surface area contributed by atoms with Crippen LogP contribution in [0.3, 0.4) is 0 Å². The smallest absolute Gasteiger partial charge is 0.227 e. The van der Waals surface area contributed by atoms with Gasteiger partial charge in [0.15, 0.2) is 0 Å². The van der Waals surface area contributed by atoms with Crippen molar-refractivity contribution in [1.82, 2.24) is 10.2 Å². The van der Waals surface area contributed by atoms with Crippen LogP contribution in [0, 0.1) is 13.8 Å². The lowest BCUT2D eigenvalue weighted by Gasteiger charge is -2.17. The van der Waals surface area contributed by atoms with E-state index in [2.05, 4.69) is 21.6 Å². The van der Waals surface area contributed by atoms with Gasteiger partial charge in [0.25, 0.3) is 0 Å². The molecule has 0 bridgehead atoms. The average molecular weight is 453 g/mol. The van der Waals surface area contributed by atoms with Gasteiger partial charge in [-0.1, -0.05) is 35.6 Å². The second-order valence-corrected chi connectivity index (χ2v) is 9.83. The van der Waals surface area contributed by atoms with Crippen LogP contribution in [-0.4, -0.2) is 34.3 Å². The predicted octanol–water partition coefficient (Wildman–Crippen LogP) is 4.80. The number of carbonyl (C=O) groups excluding carboxylic acids is 2. The molecule has 160 valence electrons. The first-order chi connectivity index (χ1) is 15.0. The molecule has 0 saturated carbocycles. The summed E-state index contributed by atoms with van der Waals surface area (Å²) in [5.41, 5.74) is 3.20. The Hall–Kier alpha value is -2.71. The highest BCUT2D eigenvalue weighted by molar-refractivity contribution is 7.99. The van der Waals surface area contributed by atoms with E-state index in [0.717, 1.165) is 26.7 Å². The molecule has 8 heteroatoms. The maximum Gasteiger partial charge on any atom is 0.227 e. The molecule has 2 amide bonds. The van der Waals surface area contributed by atoms with Crippen LogP contribution in [0.1, 0.15) is 34.9 Å². The quantitative estimate of drug-likeness (QED) is 0.522. The second-order valence-electron chi connectivity index (χ2n) is 7.66. The molecule has 1 N–H and O–H groups in total. The van der Waals surface area contributed by atoms with Crippen molar-refractivity contribution < 1.29 is 9.59 Å². The Bertz CT molecular complexity index is 1060. The number of amides is 2. The third-order valence-corrected chi connectivity index (χ3v) is 7.04. The fourth-order valence-electron chi connectivity index (χ4n) is 3.64. The summed E-state index contributed by atoms with van der Waals surface area (Å²) in [4.78, 5) is 27.8. The number of carbonyl (C=O) groups is 2. The van der Waals surface area contributed by atoms with E-state index in [1.54, 1.807) is 11.8 Å². The number of benzene rings is 2. The molecule has 1 aliphatic rings. The Morgan fingerprint density at radius 2 is 1.90 bits per heavy atom. The maximum absolute atomic E-state index is 12.6. The summed E-state index contributed by atoms with van der Waals surface area (Å²) in [6.07, 6.45) is 0.806. The van der Waals surface area contributed by atoms with Crippen LogP contribution in [0.25, 0.3) is 0 Å². The van der Waals surface area contributed by atoms with E-state index in [0.29, 0.717) is 30.3 Å². The third-order valence-electron chi connectivity index (χ3n) is 5.02. The number of hydrogen-bond donors (Lipinski definition) is 1. The van der Waals surface area contributed by atoms with Crippen molar-refractivity contribution in [3.8, 4) is 0 Å². The Labute approximate surface area is 190 Å². The van der Waals surface area contributed by atoms with Gasteiger partial charge in [-0.2, -0.15) is 0 Å². The first kappa shape index (κ1) is 21.5. The van der Waals surface area contributed by atoms with Gasteiger partial charge in [0.05, 0.1) is 0 Å². The number of nitrogens with one attached hydrogen (secondary N) is 1. The number of nitrogens with zero attached hydrogens (tertiary/aromatic N) is 3. The molecular formula is C23H24N4O2S2. The van der Waals surface area contributed by atoms with E-state index in [9.17, 15) is 9.59 Å². The minimum atomic E-state index is -0.0782. The first-order valence-electron chi connectivity index (χ1n) is 10.2. The third kappa shape index (κ3) is 5.51. The lowest BCUT2D eigenvalue weighted by molar-refractivity contribution is -0.117. The molecule has 1 fully saturated rings. The molecular weight excluding hydrogens is 428 g/mol. The number of rotatable bonds is 7. The van der Waals surface area contributed by atoms with E-state index in [1.165, 1.54) is 11.3 Å². The molecule has 6 nitrogen and oxygen atoms in total. The lowest BCUT2D eigenvalue weighted by atomic mass is 10.1. The van der Waals surface area contributed by atoms with Gasteiger partial charge in [0.2, 0.25) is 16.9 Å². The fraction of sp³-hybridized carbons (Fsp3) is 0.304. The highest BCUT2D eigenvalue weighted by Gasteiger charge is 2.34. The largest absolute Gasteiger partial charge is 0.312 e. The Morgan fingerprint density at radius 1 is 1.16 bits per heavy atom. The number of thioether (sulfide) groups is 1. The van der Waals surface area contributed by atoms with Gasteiger partial charge in [0.1, 0.15) is 5.01 Å². The highest BCUT2D eigenvalue weighted by Crippen LogP contribution is 2.35. The van der Waals surface area contributed by atoms with Crippen LogP contribution in [0.5, 0.6) is 0 Å². The summed E-state index contributed by atoms with van der Waals surface area (Å²) < 4.78 is 0. The molecule has 0 aliphatic carbocycles. The van der Waals surface area contributed by atoms with E-state index in [4.69, 9.17) is 0 Å². The van der Waals surface area contributed by atoms with Crippen molar-refractivity contribution in [2.45, 2.75) is 37.5 Å². The maximum atomic E-state index is 12.6. The number of hydrogen-bond acceptors (Lipinski definition) is 6. The van der Waals surface area contributed by atoms with Crippen LogP contribution in [0.2, 0.25) is 0 Å². The lowest BCUT2D eigenvalue weighted by Crippen LogP contribution is -2.24. The Balaban J connectivity index is 1.32. The van der Waals surface area contributed by atoms with E-state index in [1.807, 2.05) is 61.2 Å². The zero-order valence-corrected chi connectivity index (χ0v) is 19.1. The van der Waals surface area contributed by atoms with Crippen molar-refractivity contribution in [2.24, 2.45) is 0 Å². The molecule has 1 aromatic heterocycles. The summed E-state index contributed by atoms with van der Waals surface area (Å²) in [5, 5.41) is 12.5. The van der Waals surface area contributed by atoms with Crippen LogP contribution in [-0.2, 0) is 9.59 Å². The van der Waals surface area contributed by atoms with E-state index >= 15 is 0 Å². The van der Waals surface area contributed by atoms with Gasteiger partial charge in [-0.15, -0.1) is 22.0 Å². The molecule has 31 heavy (non-hydrogen) atoms. The minimum absolute atomic E-state index is 0.00916. The highest BCUT2D eigenvalue weighted by atomic mass is 32.2. The van der Waals surface area contributed by atoms with Gasteiger partial charge in [-0.05, 0) is 49.2 Å². The zero-order valence-electron chi connectivity index (χ0n) is 17.5. The Kier molecular flexibility index (Phi) is 6.67. The molecule has 2 heterocycles. The Morgan fingerprint density at radius 3 is 2.65 bits per heavy atom. The minimum Gasteiger partial charge on any atom is -0.312 e. The summed E-state index contributed by atoms with van der Waals surface area (Å²) in [7, 11) is 0. The molecule has 0 unspecified atom stereocenters. The van der Waals surface area contributed by atoms with Crippen molar-refractivity contribution in [3.05, 3.63) is 64.7 Å². The fourth-order valence-corrected chi connectivity index (χ4v) is 5.36. The topological polar surface area (TPSA) is 75.2 Å². The first-order valence-corrected chi connectivity index (χ1v) is 12.0. The van der Waals surface area contributed by atoms with Crippen molar-refractivity contribution in [3.63, 3.8) is 0 Å². The SMILES string of the molecule is Cc1cc(C)cc(N2C[C@@H](c3nnc(NC(=O)CCSc4ccccc4)s3)CC2=O)c1. The summed E-state index contributed by atoms with van der Waals surface area (Å²) >= 11 is 3.00. The van der Waals surface area contributed by atoms with Gasteiger partial charge < -0.3 is 10.2 Å². The summed E-state index contributed by atoms with van der Waals surface area (Å²) in [5.74, 6) is 0.702. The molecule has 0 spiro atoms. The van der Waals surface area contributed by atoms with E-state index in [-0.39, 0.29) is 17.7 Å². The number of aromatic nitrogens is 2. The summed E-state index contributed by atoms with van der Waals surface area (Å²) in [6, 6.07) is 16.2. The molecule has 2 aromatic carbocycles. The normalized spacial score (nSPS) is 16.0. The second kappa shape index (κ2) is 9.62. The van der Waals surface area contributed by atoms with Gasteiger partial charge >= 0.3 is 0 Å².